The lowest BCUT2D eigenvalue weighted by molar-refractivity contribution is 0.312. The van der Waals surface area contributed by atoms with E-state index in [0.717, 1.165) is 13.1 Å². The number of halogens is 2. The Morgan fingerprint density at radius 1 is 1.64 bits per heavy atom. The molecule has 0 aromatic carbocycles. The highest BCUT2D eigenvalue weighted by atomic mass is 79.9. The van der Waals surface area contributed by atoms with E-state index in [1.807, 2.05) is 6.92 Å². The van der Waals surface area contributed by atoms with Crippen molar-refractivity contribution in [3.05, 3.63) is 20.8 Å². The third-order valence-corrected chi connectivity index (χ3v) is 3.33. The Morgan fingerprint density at radius 3 is 2.71 bits per heavy atom. The molecule has 2 N–H and O–H groups in total. The lowest BCUT2D eigenvalue weighted by Crippen LogP contribution is -2.32. The predicted octanol–water partition coefficient (Wildman–Crippen LogP) is 2.71. The fourth-order valence-electron chi connectivity index (χ4n) is 1.26. The summed E-state index contributed by atoms with van der Waals surface area (Å²) in [5.74, 6) is 0. The van der Waals surface area contributed by atoms with Crippen molar-refractivity contribution < 1.29 is 0 Å². The molecule has 0 aliphatic carbocycles. The largest absolute Gasteiger partial charge is 0.327 e. The van der Waals surface area contributed by atoms with Crippen LogP contribution in [-0.2, 0) is 6.54 Å². The maximum absolute atomic E-state index is 5.70. The van der Waals surface area contributed by atoms with E-state index in [9.17, 15) is 0 Å². The van der Waals surface area contributed by atoms with Gasteiger partial charge in [-0.25, -0.2) is 0 Å². The summed E-state index contributed by atoms with van der Waals surface area (Å²) in [6, 6.07) is 2.40. The van der Waals surface area contributed by atoms with Gasteiger partial charge in [0.2, 0.25) is 0 Å². The minimum absolute atomic E-state index is 0. The van der Waals surface area contributed by atoms with Gasteiger partial charge in [0.1, 0.15) is 0 Å². The third-order valence-electron chi connectivity index (χ3n) is 1.65. The average Bonchev–Trinajstić information content (AvgIpc) is 2.33. The fourth-order valence-corrected chi connectivity index (χ4v) is 2.79. The zero-order valence-electron chi connectivity index (χ0n) is 8.37. The lowest BCUT2D eigenvalue weighted by Gasteiger charge is -2.17. The second-order valence-electron chi connectivity index (χ2n) is 3.41. The molecule has 1 aromatic heterocycles. The maximum Gasteiger partial charge on any atom is 0.0325 e. The van der Waals surface area contributed by atoms with Crippen LogP contribution in [-0.4, -0.2) is 24.5 Å². The molecule has 0 saturated carbocycles. The monoisotopic (exact) mass is 298 g/mol. The van der Waals surface area contributed by atoms with Gasteiger partial charge in [0.25, 0.3) is 0 Å². The van der Waals surface area contributed by atoms with Crippen LogP contribution in [0.5, 0.6) is 0 Å². The van der Waals surface area contributed by atoms with Gasteiger partial charge >= 0.3 is 0 Å². The van der Waals surface area contributed by atoms with E-state index in [1.54, 1.807) is 11.3 Å². The first kappa shape index (κ1) is 14.4. The first-order valence-corrected chi connectivity index (χ1v) is 5.92. The summed E-state index contributed by atoms with van der Waals surface area (Å²) < 4.78 is 1.17. The number of thiophene rings is 1. The molecule has 1 rings (SSSR count). The highest BCUT2D eigenvalue weighted by molar-refractivity contribution is 9.10. The lowest BCUT2D eigenvalue weighted by atomic mass is 10.3. The topological polar surface area (TPSA) is 29.3 Å². The number of nitrogens with two attached hydrogens (primary N) is 1. The van der Waals surface area contributed by atoms with Gasteiger partial charge in [-0.1, -0.05) is 0 Å². The van der Waals surface area contributed by atoms with Crippen LogP contribution in [0.25, 0.3) is 0 Å². The molecule has 1 aromatic rings. The summed E-state index contributed by atoms with van der Waals surface area (Å²) in [6.07, 6.45) is 0. The molecule has 0 saturated heterocycles. The van der Waals surface area contributed by atoms with E-state index in [1.165, 1.54) is 9.35 Å². The van der Waals surface area contributed by atoms with Crippen LogP contribution in [0.3, 0.4) is 0 Å². The van der Waals surface area contributed by atoms with E-state index in [-0.39, 0.29) is 18.4 Å². The van der Waals surface area contributed by atoms with Crippen LogP contribution in [0.2, 0.25) is 0 Å². The van der Waals surface area contributed by atoms with Crippen molar-refractivity contribution in [2.75, 3.05) is 13.6 Å². The van der Waals surface area contributed by atoms with Crippen molar-refractivity contribution in [3.63, 3.8) is 0 Å². The fraction of sp³-hybridized carbons (Fsp3) is 0.556. The minimum Gasteiger partial charge on any atom is -0.327 e. The summed E-state index contributed by atoms with van der Waals surface area (Å²) in [5, 5.41) is 2.11. The van der Waals surface area contributed by atoms with Gasteiger partial charge in [0, 0.05) is 33.9 Å². The molecule has 0 aliphatic rings. The highest BCUT2D eigenvalue weighted by Crippen LogP contribution is 2.20. The maximum atomic E-state index is 5.70. The molecule has 0 spiro atoms. The minimum atomic E-state index is 0. The predicted molar refractivity (Wildman–Crippen MR) is 69.3 cm³/mol. The second kappa shape index (κ2) is 6.80. The van der Waals surface area contributed by atoms with Crippen LogP contribution in [0.15, 0.2) is 15.9 Å². The summed E-state index contributed by atoms with van der Waals surface area (Å²) in [4.78, 5) is 3.61. The van der Waals surface area contributed by atoms with E-state index in [2.05, 4.69) is 39.3 Å². The third kappa shape index (κ3) is 5.32. The number of likely N-dealkylation sites (N-methyl/N-ethyl adjacent to an activating group) is 1. The van der Waals surface area contributed by atoms with E-state index < -0.39 is 0 Å². The van der Waals surface area contributed by atoms with Crippen LogP contribution in [0, 0.1) is 0 Å². The Bertz CT molecular complexity index is 265. The molecule has 1 unspecified atom stereocenters. The first-order chi connectivity index (χ1) is 6.08. The summed E-state index contributed by atoms with van der Waals surface area (Å²) >= 11 is 5.22. The normalized spacial score (nSPS) is 12.6. The van der Waals surface area contributed by atoms with Gasteiger partial charge in [-0.05, 0) is 36.0 Å². The Morgan fingerprint density at radius 2 is 2.29 bits per heavy atom. The van der Waals surface area contributed by atoms with Crippen molar-refractivity contribution in [3.8, 4) is 0 Å². The highest BCUT2D eigenvalue weighted by Gasteiger charge is 2.04. The zero-order chi connectivity index (χ0) is 9.84. The van der Waals surface area contributed by atoms with E-state index in [4.69, 9.17) is 5.73 Å². The molecule has 1 atom stereocenters. The number of hydrogen-bond acceptors (Lipinski definition) is 3. The van der Waals surface area contributed by atoms with Gasteiger partial charge in [0.15, 0.2) is 0 Å². The summed E-state index contributed by atoms with van der Waals surface area (Å²) in [5.41, 5.74) is 5.70. The standard InChI is InChI=1S/C9H15BrN2S.ClH/c1-7(11)4-12(2)5-9-3-8(10)6-13-9;/h3,6-7H,4-5,11H2,1-2H3;1H. The molecule has 0 aliphatic heterocycles. The Labute approximate surface area is 104 Å². The quantitative estimate of drug-likeness (QED) is 0.926. The SMILES string of the molecule is CC(N)CN(C)Cc1cc(Br)cs1.Cl. The molecule has 0 radical (unpaired) electrons. The second-order valence-corrected chi connectivity index (χ2v) is 5.32. The Balaban J connectivity index is 0.00000169. The van der Waals surface area contributed by atoms with Gasteiger partial charge in [-0.15, -0.1) is 23.7 Å². The Kier molecular flexibility index (Phi) is 6.99. The van der Waals surface area contributed by atoms with Crippen molar-refractivity contribution >= 4 is 39.7 Å². The van der Waals surface area contributed by atoms with Crippen LogP contribution < -0.4 is 5.73 Å². The van der Waals surface area contributed by atoms with Gasteiger partial charge < -0.3 is 5.73 Å². The smallest absolute Gasteiger partial charge is 0.0325 e. The van der Waals surface area contributed by atoms with Crippen molar-refractivity contribution in [1.29, 1.82) is 0 Å². The Hall–Kier alpha value is 0.390. The number of hydrogen-bond donors (Lipinski definition) is 1. The van der Waals surface area contributed by atoms with Crippen LogP contribution >= 0.6 is 39.7 Å². The summed E-state index contributed by atoms with van der Waals surface area (Å²) in [7, 11) is 2.09. The average molecular weight is 300 g/mol. The molecule has 5 heteroatoms. The molecule has 82 valence electrons. The van der Waals surface area contributed by atoms with E-state index in [0.29, 0.717) is 0 Å². The molecule has 14 heavy (non-hydrogen) atoms. The van der Waals surface area contributed by atoms with Crippen molar-refractivity contribution in [2.24, 2.45) is 5.73 Å². The molecule has 2 nitrogen and oxygen atoms in total. The van der Waals surface area contributed by atoms with Crippen molar-refractivity contribution in [2.45, 2.75) is 19.5 Å². The molecule has 0 bridgehead atoms. The molecule has 0 amide bonds. The number of nitrogens with zero attached hydrogens (tertiary/aromatic N) is 1. The van der Waals surface area contributed by atoms with Gasteiger partial charge in [-0.2, -0.15) is 0 Å². The molecule has 0 fully saturated rings. The molecule has 1 heterocycles. The van der Waals surface area contributed by atoms with Gasteiger partial charge in [0.05, 0.1) is 0 Å². The van der Waals surface area contributed by atoms with E-state index >= 15 is 0 Å². The molecular weight excluding hydrogens is 284 g/mol. The number of rotatable bonds is 4. The summed E-state index contributed by atoms with van der Waals surface area (Å²) in [6.45, 7) is 3.95. The van der Waals surface area contributed by atoms with Crippen LogP contribution in [0.4, 0.5) is 0 Å². The zero-order valence-corrected chi connectivity index (χ0v) is 11.6. The molecular formula is C9H16BrClN2S. The van der Waals surface area contributed by atoms with Gasteiger partial charge in [-0.3, -0.25) is 4.90 Å². The van der Waals surface area contributed by atoms with Crippen LogP contribution in [0.1, 0.15) is 11.8 Å². The first-order valence-electron chi connectivity index (χ1n) is 4.25. The van der Waals surface area contributed by atoms with Crippen molar-refractivity contribution in [1.82, 2.24) is 4.90 Å².